The quantitative estimate of drug-likeness (QED) is 0.839. The molecule has 112 valence electrons. The molecule has 0 radical (unpaired) electrons. The topological polar surface area (TPSA) is 58.4 Å². The van der Waals surface area contributed by atoms with Crippen LogP contribution in [0.25, 0.3) is 0 Å². The fourth-order valence-corrected chi connectivity index (χ4v) is 4.83. The standard InChI is InChI=1S/C14H23N3OS2/c1-4-9-5-7-17(8-6-9)14-12(19-3)10(15)11(20-14)13(18)16-2/h9H,4-8,15H2,1-3H3,(H,16,18). The molecule has 6 heteroatoms. The maximum atomic E-state index is 11.9. The highest BCUT2D eigenvalue weighted by molar-refractivity contribution is 7.99. The van der Waals surface area contributed by atoms with E-state index in [4.69, 9.17) is 5.73 Å². The number of carbonyl (C=O) groups excluding carboxylic acids is 1. The normalized spacial score (nSPS) is 16.4. The number of carbonyl (C=O) groups is 1. The number of nitrogens with zero attached hydrogens (tertiary/aromatic N) is 1. The lowest BCUT2D eigenvalue weighted by atomic mass is 9.95. The fraction of sp³-hybridized carbons (Fsp3) is 0.643. The van der Waals surface area contributed by atoms with Crippen LogP contribution in [0.5, 0.6) is 0 Å². The smallest absolute Gasteiger partial charge is 0.263 e. The molecular formula is C14H23N3OS2. The Labute approximate surface area is 129 Å². The molecule has 1 aromatic heterocycles. The monoisotopic (exact) mass is 313 g/mol. The number of thiophene rings is 1. The molecule has 1 aliphatic rings. The summed E-state index contributed by atoms with van der Waals surface area (Å²) < 4.78 is 0. The van der Waals surface area contributed by atoms with E-state index in [1.165, 1.54) is 35.6 Å². The summed E-state index contributed by atoms with van der Waals surface area (Å²) in [5, 5.41) is 3.84. The molecule has 1 aromatic rings. The summed E-state index contributed by atoms with van der Waals surface area (Å²) in [7, 11) is 1.65. The Morgan fingerprint density at radius 2 is 2.15 bits per heavy atom. The molecule has 2 heterocycles. The number of rotatable bonds is 4. The van der Waals surface area contributed by atoms with Gasteiger partial charge in [-0.25, -0.2) is 0 Å². The van der Waals surface area contributed by atoms with Crippen LogP contribution in [0.2, 0.25) is 0 Å². The molecule has 1 saturated heterocycles. The number of hydrogen-bond donors (Lipinski definition) is 2. The molecule has 1 fully saturated rings. The molecule has 1 amide bonds. The van der Waals surface area contributed by atoms with Gasteiger partial charge in [0, 0.05) is 20.1 Å². The lowest BCUT2D eigenvalue weighted by Gasteiger charge is -2.32. The molecular weight excluding hydrogens is 290 g/mol. The van der Waals surface area contributed by atoms with Crippen molar-refractivity contribution >= 4 is 39.7 Å². The van der Waals surface area contributed by atoms with Gasteiger partial charge in [0.2, 0.25) is 0 Å². The molecule has 20 heavy (non-hydrogen) atoms. The van der Waals surface area contributed by atoms with Gasteiger partial charge in [-0.3, -0.25) is 4.79 Å². The van der Waals surface area contributed by atoms with E-state index in [9.17, 15) is 4.79 Å². The summed E-state index contributed by atoms with van der Waals surface area (Å²) in [5.41, 5.74) is 6.79. The van der Waals surface area contributed by atoms with Crippen LogP contribution in [0.1, 0.15) is 35.9 Å². The molecule has 3 N–H and O–H groups in total. The molecule has 0 spiro atoms. The third-order valence-corrected chi connectivity index (χ3v) is 6.21. The number of nitrogens with one attached hydrogen (secondary N) is 1. The van der Waals surface area contributed by atoms with Gasteiger partial charge in [-0.05, 0) is 25.0 Å². The molecule has 0 atom stereocenters. The van der Waals surface area contributed by atoms with E-state index in [0.29, 0.717) is 10.6 Å². The molecule has 0 bridgehead atoms. The molecule has 2 rings (SSSR count). The Morgan fingerprint density at radius 1 is 1.50 bits per heavy atom. The Bertz CT molecular complexity index is 479. The van der Waals surface area contributed by atoms with Crippen LogP contribution in [-0.2, 0) is 0 Å². The van der Waals surface area contributed by atoms with Gasteiger partial charge < -0.3 is 16.0 Å². The zero-order valence-corrected chi connectivity index (χ0v) is 14.0. The van der Waals surface area contributed by atoms with Gasteiger partial charge in [-0.2, -0.15) is 0 Å². The van der Waals surface area contributed by atoms with Crippen LogP contribution >= 0.6 is 23.1 Å². The van der Waals surface area contributed by atoms with Crippen molar-refractivity contribution in [2.24, 2.45) is 5.92 Å². The largest absolute Gasteiger partial charge is 0.396 e. The second-order valence-electron chi connectivity index (χ2n) is 5.10. The second-order valence-corrected chi connectivity index (χ2v) is 6.92. The van der Waals surface area contributed by atoms with Gasteiger partial charge in [0.15, 0.2) is 0 Å². The first kappa shape index (κ1) is 15.5. The van der Waals surface area contributed by atoms with Gasteiger partial charge in [0.25, 0.3) is 5.91 Å². The van der Waals surface area contributed by atoms with Gasteiger partial charge in [0.05, 0.1) is 10.6 Å². The first-order valence-corrected chi connectivity index (χ1v) is 9.09. The summed E-state index contributed by atoms with van der Waals surface area (Å²) in [5.74, 6) is 0.761. The van der Waals surface area contributed by atoms with E-state index in [0.717, 1.165) is 23.9 Å². The predicted octanol–water partition coefficient (Wildman–Crippen LogP) is 3.04. The second kappa shape index (κ2) is 6.72. The highest BCUT2D eigenvalue weighted by Gasteiger charge is 2.26. The number of hydrogen-bond acceptors (Lipinski definition) is 5. The van der Waals surface area contributed by atoms with Crippen molar-refractivity contribution in [3.63, 3.8) is 0 Å². The average molecular weight is 313 g/mol. The van der Waals surface area contributed by atoms with E-state index in [2.05, 4.69) is 17.1 Å². The SMILES string of the molecule is CCC1CCN(c2sc(C(=O)NC)c(N)c2SC)CC1. The third-order valence-electron chi connectivity index (χ3n) is 4.00. The minimum absolute atomic E-state index is 0.0857. The Morgan fingerprint density at radius 3 is 2.65 bits per heavy atom. The van der Waals surface area contributed by atoms with Gasteiger partial charge >= 0.3 is 0 Å². The van der Waals surface area contributed by atoms with Crippen molar-refractivity contribution < 1.29 is 4.79 Å². The molecule has 0 aliphatic carbocycles. The number of nitrogens with two attached hydrogens (primary N) is 1. The lowest BCUT2D eigenvalue weighted by molar-refractivity contribution is 0.0968. The zero-order valence-electron chi connectivity index (χ0n) is 12.4. The van der Waals surface area contributed by atoms with Crippen molar-refractivity contribution in [3.8, 4) is 0 Å². The Hall–Kier alpha value is -0.880. The van der Waals surface area contributed by atoms with Crippen molar-refractivity contribution in [1.29, 1.82) is 0 Å². The first-order valence-electron chi connectivity index (χ1n) is 7.05. The van der Waals surface area contributed by atoms with E-state index < -0.39 is 0 Å². The average Bonchev–Trinajstić information content (AvgIpc) is 2.83. The molecule has 0 aromatic carbocycles. The number of thioether (sulfide) groups is 1. The van der Waals surface area contributed by atoms with E-state index in [-0.39, 0.29) is 5.91 Å². The first-order chi connectivity index (χ1) is 9.62. The molecule has 4 nitrogen and oxygen atoms in total. The number of piperidine rings is 1. The van der Waals surface area contributed by atoms with Crippen LogP contribution in [0.3, 0.4) is 0 Å². The van der Waals surface area contributed by atoms with Crippen molar-refractivity contribution in [2.45, 2.75) is 31.1 Å². The number of amides is 1. The Balaban J connectivity index is 2.25. The third kappa shape index (κ3) is 2.91. The molecule has 1 aliphatic heterocycles. The van der Waals surface area contributed by atoms with Gasteiger partial charge in [-0.15, -0.1) is 23.1 Å². The lowest BCUT2D eigenvalue weighted by Crippen LogP contribution is -2.33. The van der Waals surface area contributed by atoms with E-state index in [1.54, 1.807) is 18.8 Å². The Kier molecular flexibility index (Phi) is 5.21. The summed E-state index contributed by atoms with van der Waals surface area (Å²) in [6.07, 6.45) is 5.75. The zero-order chi connectivity index (χ0) is 14.7. The van der Waals surface area contributed by atoms with Crippen LogP contribution in [-0.4, -0.2) is 32.3 Å². The molecule has 0 unspecified atom stereocenters. The van der Waals surface area contributed by atoms with Crippen molar-refractivity contribution in [1.82, 2.24) is 5.32 Å². The highest BCUT2D eigenvalue weighted by atomic mass is 32.2. The van der Waals surface area contributed by atoms with E-state index >= 15 is 0 Å². The summed E-state index contributed by atoms with van der Waals surface area (Å²) in [6, 6.07) is 0. The van der Waals surface area contributed by atoms with Gasteiger partial charge in [0.1, 0.15) is 9.88 Å². The maximum absolute atomic E-state index is 11.9. The summed E-state index contributed by atoms with van der Waals surface area (Å²) in [4.78, 5) is 16.0. The van der Waals surface area contributed by atoms with Crippen molar-refractivity contribution in [2.75, 3.05) is 37.0 Å². The number of anilines is 2. The van der Waals surface area contributed by atoms with Crippen LogP contribution in [0.15, 0.2) is 4.90 Å². The van der Waals surface area contributed by atoms with Crippen molar-refractivity contribution in [3.05, 3.63) is 4.88 Å². The summed E-state index contributed by atoms with van der Waals surface area (Å²) in [6.45, 7) is 4.40. The van der Waals surface area contributed by atoms with E-state index in [1.807, 2.05) is 6.26 Å². The molecule has 0 saturated carbocycles. The minimum atomic E-state index is -0.0857. The highest BCUT2D eigenvalue weighted by Crippen LogP contribution is 2.44. The van der Waals surface area contributed by atoms with Crippen LogP contribution < -0.4 is 16.0 Å². The van der Waals surface area contributed by atoms with Gasteiger partial charge in [-0.1, -0.05) is 13.3 Å². The van der Waals surface area contributed by atoms with Crippen LogP contribution in [0, 0.1) is 5.92 Å². The minimum Gasteiger partial charge on any atom is -0.396 e. The predicted molar refractivity (Wildman–Crippen MR) is 89.1 cm³/mol. The maximum Gasteiger partial charge on any atom is 0.263 e. The summed E-state index contributed by atoms with van der Waals surface area (Å²) >= 11 is 3.16. The van der Waals surface area contributed by atoms with Crippen LogP contribution in [0.4, 0.5) is 10.7 Å². The number of nitrogen functional groups attached to an aromatic ring is 1. The fourth-order valence-electron chi connectivity index (χ4n) is 2.65.